The van der Waals surface area contributed by atoms with Gasteiger partial charge >= 0.3 is 6.72 Å². The number of hydrogen-bond acceptors (Lipinski definition) is 15. The summed E-state index contributed by atoms with van der Waals surface area (Å²) in [6.45, 7) is -5.73. The Balaban J connectivity index is 0.00000128. The van der Waals surface area contributed by atoms with Gasteiger partial charge in [-0.15, -0.1) is 0 Å². The molecule has 18 nitrogen and oxygen atoms in total. The number of ether oxygens (including phenoxy) is 2. The lowest BCUT2D eigenvalue weighted by Gasteiger charge is -2.26. The summed E-state index contributed by atoms with van der Waals surface area (Å²) in [5.41, 5.74) is 10.8. The first kappa shape index (κ1) is 33.6. The summed E-state index contributed by atoms with van der Waals surface area (Å²) in [6, 6.07) is 1.56. The van der Waals surface area contributed by atoms with Crippen molar-refractivity contribution in [2.75, 3.05) is 24.7 Å². The Morgan fingerprint density at radius 3 is 2.58 bits per heavy atom. The third-order valence-corrected chi connectivity index (χ3v) is 8.49. The van der Waals surface area contributed by atoms with Gasteiger partial charge in [-0.1, -0.05) is 12.2 Å². The Bertz CT molecular complexity index is 1800. The first-order chi connectivity index (χ1) is 21.4. The van der Waals surface area contributed by atoms with E-state index in [1.807, 2.05) is 0 Å². The summed E-state index contributed by atoms with van der Waals surface area (Å²) in [4.78, 5) is 41.2. The third kappa shape index (κ3) is 6.58. The number of imidazole rings is 1. The van der Waals surface area contributed by atoms with Crippen molar-refractivity contribution in [1.82, 2.24) is 34.1 Å². The fraction of sp³-hybridized carbons (Fsp3) is 0.476. The summed E-state index contributed by atoms with van der Waals surface area (Å²) in [6.07, 6.45) is -9.04. The molecule has 6 rings (SSSR count). The molecule has 2 aliphatic rings. The Morgan fingerprint density at radius 1 is 1.16 bits per heavy atom. The van der Waals surface area contributed by atoms with E-state index < -0.39 is 74.7 Å². The van der Waals surface area contributed by atoms with E-state index in [1.165, 1.54) is 17.1 Å². The van der Waals surface area contributed by atoms with Crippen molar-refractivity contribution in [2.24, 2.45) is 0 Å². The maximum Gasteiger partial charge on any atom is 0.325 e. The highest BCUT2D eigenvalue weighted by Gasteiger charge is 2.50. The lowest BCUT2D eigenvalue weighted by molar-refractivity contribution is -0.0552. The predicted molar refractivity (Wildman–Crippen MR) is 159 cm³/mol. The number of H-pyrrole nitrogens is 1. The summed E-state index contributed by atoms with van der Waals surface area (Å²) in [5.74, 6) is -0.0801. The molecule has 4 aromatic rings. The highest BCUT2D eigenvalue weighted by Crippen LogP contribution is 2.51. The first-order valence-electron chi connectivity index (χ1n) is 12.7. The Kier molecular flexibility index (Phi) is 10.1. The van der Waals surface area contributed by atoms with Crippen LogP contribution in [0.25, 0.3) is 22.2 Å². The standard InChI is InChI=1S/C21H24F2N9O8PS.HOPS/c22-10-8(3-33)38-20(32-6-28-12-17(32)29-21(25)30-18(12)35)14(10)40-41(36,42)37-4-9-13(34)11(23)19(39-9)31-2-1-7-15(24)26-5-27-16(7)31;1-2-3/h1-2,5-6,8-11,13-14,19-20,33-34H,3-4H2,(H,36,42)(H2,24,26,27)(H3,25,29,30,35);(H,1,3)/t8-,9-,10+,11+,13-,14-,19-,20-,41?;/m1./s1. The topological polar surface area (TPSA) is 261 Å². The second kappa shape index (κ2) is 13.5. The van der Waals surface area contributed by atoms with Crippen LogP contribution in [0.5, 0.6) is 0 Å². The van der Waals surface area contributed by atoms with Crippen LogP contribution in [0.2, 0.25) is 0 Å². The molecule has 45 heavy (non-hydrogen) atoms. The summed E-state index contributed by atoms with van der Waals surface area (Å²) in [7, 11) is -0.139. The molecule has 0 saturated carbocycles. The van der Waals surface area contributed by atoms with Crippen LogP contribution in [-0.4, -0.2) is 99.1 Å². The number of fused-ring (bicyclic) bond motifs is 2. The van der Waals surface area contributed by atoms with Crippen molar-refractivity contribution in [3.05, 3.63) is 35.3 Å². The first-order valence-corrected chi connectivity index (χ1v) is 17.3. The normalized spacial score (nSPS) is 29.6. The van der Waals surface area contributed by atoms with Gasteiger partial charge in [0.15, 0.2) is 36.0 Å². The number of aliphatic hydroxyl groups excluding tert-OH is 2. The van der Waals surface area contributed by atoms with Gasteiger partial charge in [0.1, 0.15) is 42.2 Å². The van der Waals surface area contributed by atoms with Gasteiger partial charge in [-0.3, -0.25) is 23.4 Å². The molecule has 1 unspecified atom stereocenters. The van der Waals surface area contributed by atoms with Gasteiger partial charge in [0.05, 0.1) is 24.9 Å². The zero-order chi connectivity index (χ0) is 32.6. The van der Waals surface area contributed by atoms with E-state index in [1.54, 1.807) is 6.07 Å². The quantitative estimate of drug-likeness (QED) is 0.0957. The van der Waals surface area contributed by atoms with Crippen LogP contribution in [0.3, 0.4) is 0 Å². The zero-order valence-corrected chi connectivity index (χ0v) is 26.0. The van der Waals surface area contributed by atoms with Gasteiger partial charge in [0.25, 0.3) is 5.56 Å². The van der Waals surface area contributed by atoms with Crippen LogP contribution >= 0.6 is 26.6 Å². The molecule has 0 aromatic carbocycles. The van der Waals surface area contributed by atoms with E-state index in [4.69, 9.17) is 46.4 Å². The number of nitrogens with zero attached hydrogens (tertiary/aromatic N) is 6. The van der Waals surface area contributed by atoms with Crippen LogP contribution in [0, 0.1) is 0 Å². The second-order valence-corrected chi connectivity index (χ2v) is 13.0. The van der Waals surface area contributed by atoms with Gasteiger partial charge in [-0.25, -0.2) is 23.7 Å². The molecule has 0 bridgehead atoms. The van der Waals surface area contributed by atoms with Crippen molar-refractivity contribution in [3.8, 4) is 0 Å². The molecule has 24 heteroatoms. The molecule has 0 radical (unpaired) electrons. The number of rotatable bonds is 8. The Hall–Kier alpha value is -2.75. The number of aliphatic hydroxyl groups is 2. The highest BCUT2D eigenvalue weighted by atomic mass is 32.7. The van der Waals surface area contributed by atoms with Crippen LogP contribution in [0.15, 0.2) is 29.7 Å². The van der Waals surface area contributed by atoms with Gasteiger partial charge < -0.3 is 45.1 Å². The van der Waals surface area contributed by atoms with E-state index >= 15 is 8.78 Å². The monoisotopic (exact) mass is 711 g/mol. The number of thiol groups is 1. The maximum atomic E-state index is 15.3. The largest absolute Gasteiger partial charge is 0.394 e. The minimum atomic E-state index is -4.33. The molecule has 244 valence electrons. The number of alkyl halides is 2. The van der Waals surface area contributed by atoms with Gasteiger partial charge in [-0.05, 0) is 17.9 Å². The van der Waals surface area contributed by atoms with Gasteiger partial charge in [0, 0.05) is 6.20 Å². The van der Waals surface area contributed by atoms with Crippen molar-refractivity contribution in [3.63, 3.8) is 0 Å². The Labute approximate surface area is 262 Å². The van der Waals surface area contributed by atoms with E-state index in [9.17, 15) is 19.9 Å². The molecule has 2 aliphatic heterocycles. The fourth-order valence-corrected chi connectivity index (χ4v) is 6.33. The SMILES string of the molecule is Nc1nc2c(ncn2[C@@H]2O[C@H](CO)[C@H](F)[C@H]2OP(O)(=S)OC[C@H]2O[C@@H](n3ccc4c(N)ncnc43)[C@@H](F)[C@@H]2O)c(=O)[nH]1.O=PS. The molecule has 9 atom stereocenters. The van der Waals surface area contributed by atoms with Crippen LogP contribution in [0.1, 0.15) is 12.5 Å². The number of aromatic amines is 1. The fourth-order valence-electron chi connectivity index (χ4n) is 4.92. The van der Waals surface area contributed by atoms with Crippen LogP contribution < -0.4 is 17.0 Å². The van der Waals surface area contributed by atoms with Crippen LogP contribution in [-0.2, 0) is 34.9 Å². The average Bonchev–Trinajstić information content (AvgIpc) is 3.74. The number of hydrogen-bond donors (Lipinski definition) is 7. The molecular weight excluding hydrogens is 686 g/mol. The predicted octanol–water partition coefficient (Wildman–Crippen LogP) is 0.295. The number of nitrogen functional groups attached to an aromatic ring is 2. The van der Waals surface area contributed by atoms with E-state index in [0.29, 0.717) is 5.39 Å². The number of aromatic nitrogens is 7. The molecule has 2 fully saturated rings. The number of nitrogens with one attached hydrogen (secondary N) is 1. The third-order valence-electron chi connectivity index (χ3n) is 6.93. The minimum Gasteiger partial charge on any atom is -0.394 e. The molecule has 6 heterocycles. The number of anilines is 2. The maximum absolute atomic E-state index is 15.3. The van der Waals surface area contributed by atoms with Crippen molar-refractivity contribution < 1.29 is 47.0 Å². The molecule has 0 spiro atoms. The number of nitrogens with two attached hydrogens (primary N) is 2. The van der Waals surface area contributed by atoms with E-state index in [0.717, 1.165) is 10.9 Å². The number of halogens is 2. The minimum absolute atomic E-state index is 0.0835. The molecule has 0 aliphatic carbocycles. The van der Waals surface area contributed by atoms with Crippen LogP contribution in [0.4, 0.5) is 20.5 Å². The van der Waals surface area contributed by atoms with Crippen molar-refractivity contribution >= 4 is 72.4 Å². The summed E-state index contributed by atoms with van der Waals surface area (Å²) >= 11 is 8.28. The zero-order valence-electron chi connectivity index (χ0n) is 22.5. The van der Waals surface area contributed by atoms with Crippen molar-refractivity contribution in [2.45, 2.75) is 49.2 Å². The average molecular weight is 712 g/mol. The smallest absolute Gasteiger partial charge is 0.325 e. The summed E-state index contributed by atoms with van der Waals surface area (Å²) < 4.78 is 63.7. The second-order valence-electron chi connectivity index (χ2n) is 9.60. The molecular formula is C21H25F2N9O9P2S2. The van der Waals surface area contributed by atoms with Gasteiger partial charge in [-0.2, -0.15) is 4.98 Å². The van der Waals surface area contributed by atoms with Crippen molar-refractivity contribution in [1.29, 1.82) is 0 Å². The van der Waals surface area contributed by atoms with E-state index in [2.05, 4.69) is 37.2 Å². The lowest BCUT2D eigenvalue weighted by Crippen LogP contribution is -2.33. The molecule has 0 amide bonds. The van der Waals surface area contributed by atoms with E-state index in [-0.39, 0.29) is 36.2 Å². The van der Waals surface area contributed by atoms with Gasteiger partial charge in [0.2, 0.25) is 13.6 Å². The summed E-state index contributed by atoms with van der Waals surface area (Å²) in [5, 5.41) is 20.6. The molecule has 4 aromatic heterocycles. The Morgan fingerprint density at radius 2 is 1.87 bits per heavy atom. The molecule has 8 N–H and O–H groups in total. The highest BCUT2D eigenvalue weighted by molar-refractivity contribution is 8.33. The molecule has 2 saturated heterocycles. The lowest BCUT2D eigenvalue weighted by atomic mass is 10.1.